The molecule has 0 spiro atoms. The van der Waals surface area contributed by atoms with E-state index < -0.39 is 0 Å². The van der Waals surface area contributed by atoms with E-state index in [0.29, 0.717) is 35.4 Å². The van der Waals surface area contributed by atoms with Gasteiger partial charge in [0.1, 0.15) is 5.82 Å². The van der Waals surface area contributed by atoms with Crippen LogP contribution in [0.25, 0.3) is 17.0 Å². The van der Waals surface area contributed by atoms with Crippen LogP contribution < -0.4 is 5.56 Å². The largest absolute Gasteiger partial charge is 0.383 e. The maximum atomic E-state index is 12.7. The van der Waals surface area contributed by atoms with Crippen molar-refractivity contribution in [1.82, 2.24) is 14.9 Å². The lowest BCUT2D eigenvalue weighted by Crippen LogP contribution is -2.33. The third-order valence-corrected chi connectivity index (χ3v) is 4.34. The molecule has 146 valence electrons. The Morgan fingerprint density at radius 3 is 2.72 bits per heavy atom. The Morgan fingerprint density at radius 1 is 1.24 bits per heavy atom. The number of ether oxygens (including phenoxy) is 1. The molecule has 0 unspecified atom stereocenters. The van der Waals surface area contributed by atoms with Gasteiger partial charge in [-0.05, 0) is 35.9 Å². The fraction of sp³-hybridized carbons (Fsp3) is 0.182. The van der Waals surface area contributed by atoms with Gasteiger partial charge in [-0.1, -0.05) is 24.3 Å². The van der Waals surface area contributed by atoms with E-state index in [1.807, 2.05) is 6.07 Å². The van der Waals surface area contributed by atoms with Gasteiger partial charge in [0.05, 0.1) is 35.7 Å². The Bertz CT molecular complexity index is 1130. The first-order valence-corrected chi connectivity index (χ1v) is 9.05. The minimum atomic E-state index is -0.238. The van der Waals surface area contributed by atoms with Crippen molar-refractivity contribution >= 4 is 22.9 Å². The molecular weight excluding hydrogens is 368 g/mol. The highest BCUT2D eigenvalue weighted by Gasteiger charge is 2.14. The molecular formula is C22H20N4O3. The number of aromatic amines is 1. The van der Waals surface area contributed by atoms with Crippen LogP contribution in [0.2, 0.25) is 0 Å². The highest BCUT2D eigenvalue weighted by molar-refractivity contribution is 5.91. The van der Waals surface area contributed by atoms with Crippen molar-refractivity contribution in [3.63, 3.8) is 0 Å². The maximum Gasteiger partial charge on any atom is 0.258 e. The number of methoxy groups -OCH3 is 1. The molecule has 0 aliphatic carbocycles. The highest BCUT2D eigenvalue weighted by atomic mass is 16.5. The number of nitrogens with one attached hydrogen (secondary N) is 1. The summed E-state index contributed by atoms with van der Waals surface area (Å²) in [4.78, 5) is 33.7. The predicted molar refractivity (Wildman–Crippen MR) is 110 cm³/mol. The topological polar surface area (TPSA) is 99.1 Å². The molecule has 7 nitrogen and oxygen atoms in total. The molecule has 0 aliphatic heterocycles. The van der Waals surface area contributed by atoms with Crippen molar-refractivity contribution < 1.29 is 9.53 Å². The molecule has 0 aliphatic rings. The second-order valence-corrected chi connectivity index (χ2v) is 6.35. The van der Waals surface area contributed by atoms with Crippen molar-refractivity contribution in [2.24, 2.45) is 0 Å². The van der Waals surface area contributed by atoms with Crippen molar-refractivity contribution in [1.29, 1.82) is 5.26 Å². The van der Waals surface area contributed by atoms with Gasteiger partial charge in [0.25, 0.3) is 5.56 Å². The quantitative estimate of drug-likeness (QED) is 0.627. The smallest absolute Gasteiger partial charge is 0.258 e. The van der Waals surface area contributed by atoms with Crippen LogP contribution in [0.3, 0.4) is 0 Å². The summed E-state index contributed by atoms with van der Waals surface area (Å²) >= 11 is 0. The minimum absolute atomic E-state index is 0.153. The fourth-order valence-electron chi connectivity index (χ4n) is 2.80. The van der Waals surface area contributed by atoms with Crippen LogP contribution >= 0.6 is 0 Å². The number of hydrogen-bond donors (Lipinski definition) is 1. The average molecular weight is 388 g/mol. The first-order chi connectivity index (χ1) is 14.1. The maximum absolute atomic E-state index is 12.7. The number of fused-ring (bicyclic) bond motifs is 1. The number of para-hydroxylation sites is 1. The third kappa shape index (κ3) is 5.15. The molecule has 29 heavy (non-hydrogen) atoms. The zero-order valence-corrected chi connectivity index (χ0v) is 16.0. The van der Waals surface area contributed by atoms with E-state index in [2.05, 4.69) is 16.0 Å². The molecule has 1 aromatic heterocycles. The molecule has 1 heterocycles. The van der Waals surface area contributed by atoms with E-state index in [0.717, 1.165) is 5.56 Å². The standard InChI is InChI=1S/C22H20N4O3/c1-29-13-12-26(21(27)11-10-16-6-8-17(14-23)9-7-16)15-20-24-19-5-3-2-4-18(19)22(28)25-20/h2-11H,12-13,15H2,1H3,(H,24,25,28). The molecule has 0 saturated carbocycles. The molecule has 0 saturated heterocycles. The molecule has 7 heteroatoms. The Morgan fingerprint density at radius 2 is 2.00 bits per heavy atom. The number of nitriles is 1. The Labute approximate surface area is 167 Å². The summed E-state index contributed by atoms with van der Waals surface area (Å²) < 4.78 is 5.10. The minimum Gasteiger partial charge on any atom is -0.383 e. The van der Waals surface area contributed by atoms with E-state index in [-0.39, 0.29) is 18.0 Å². The lowest BCUT2D eigenvalue weighted by molar-refractivity contribution is -0.127. The predicted octanol–water partition coefficient (Wildman–Crippen LogP) is 2.48. The van der Waals surface area contributed by atoms with Crippen molar-refractivity contribution in [2.75, 3.05) is 20.3 Å². The number of carbonyl (C=O) groups is 1. The molecule has 1 N–H and O–H groups in total. The lowest BCUT2D eigenvalue weighted by Gasteiger charge is -2.20. The molecule has 0 radical (unpaired) electrons. The summed E-state index contributed by atoms with van der Waals surface area (Å²) in [5.74, 6) is 0.173. The first-order valence-electron chi connectivity index (χ1n) is 9.05. The molecule has 0 atom stereocenters. The monoisotopic (exact) mass is 388 g/mol. The molecule has 3 aromatic rings. The van der Waals surface area contributed by atoms with Gasteiger partial charge in [-0.2, -0.15) is 5.26 Å². The lowest BCUT2D eigenvalue weighted by atomic mass is 10.1. The number of rotatable bonds is 7. The van der Waals surface area contributed by atoms with E-state index in [1.54, 1.807) is 60.6 Å². The van der Waals surface area contributed by atoms with Crippen LogP contribution in [-0.2, 0) is 16.1 Å². The second kappa shape index (κ2) is 9.44. The normalized spacial score (nSPS) is 10.9. The SMILES string of the molecule is COCCN(Cc1nc2ccccc2c(=O)[nH]1)C(=O)C=Cc1ccc(C#N)cc1. The number of benzene rings is 2. The zero-order valence-electron chi connectivity index (χ0n) is 16.0. The van der Waals surface area contributed by atoms with Crippen molar-refractivity contribution in [2.45, 2.75) is 6.54 Å². The molecule has 0 fully saturated rings. The summed E-state index contributed by atoms with van der Waals surface area (Å²) in [7, 11) is 1.56. The van der Waals surface area contributed by atoms with Gasteiger partial charge in [0.15, 0.2) is 0 Å². The van der Waals surface area contributed by atoms with Crippen LogP contribution in [0.1, 0.15) is 17.0 Å². The van der Waals surface area contributed by atoms with Gasteiger partial charge in [-0.25, -0.2) is 4.98 Å². The van der Waals surface area contributed by atoms with Crippen molar-refractivity contribution in [3.05, 3.63) is 81.9 Å². The van der Waals surface area contributed by atoms with Crippen molar-refractivity contribution in [3.8, 4) is 6.07 Å². The third-order valence-electron chi connectivity index (χ3n) is 4.34. The van der Waals surface area contributed by atoms with Crippen LogP contribution in [0.5, 0.6) is 0 Å². The fourth-order valence-corrected chi connectivity index (χ4v) is 2.80. The Kier molecular flexibility index (Phi) is 6.51. The second-order valence-electron chi connectivity index (χ2n) is 6.35. The van der Waals surface area contributed by atoms with E-state index >= 15 is 0 Å². The number of hydrogen-bond acceptors (Lipinski definition) is 5. The molecule has 1 amide bonds. The van der Waals surface area contributed by atoms with Crippen LogP contribution in [-0.4, -0.2) is 41.0 Å². The highest BCUT2D eigenvalue weighted by Crippen LogP contribution is 2.09. The van der Waals surface area contributed by atoms with Gasteiger partial charge in [0, 0.05) is 19.7 Å². The molecule has 0 bridgehead atoms. The van der Waals surface area contributed by atoms with E-state index in [9.17, 15) is 9.59 Å². The van der Waals surface area contributed by atoms with E-state index in [1.165, 1.54) is 6.08 Å². The van der Waals surface area contributed by atoms with Gasteiger partial charge in [0.2, 0.25) is 5.91 Å². The van der Waals surface area contributed by atoms with Gasteiger partial charge in [-0.15, -0.1) is 0 Å². The Balaban J connectivity index is 1.79. The summed E-state index contributed by atoms with van der Waals surface area (Å²) in [5, 5.41) is 9.36. The summed E-state index contributed by atoms with van der Waals surface area (Å²) in [6.07, 6.45) is 3.13. The summed E-state index contributed by atoms with van der Waals surface area (Å²) in [6, 6.07) is 16.0. The van der Waals surface area contributed by atoms with E-state index in [4.69, 9.17) is 10.00 Å². The average Bonchev–Trinajstić information content (AvgIpc) is 2.75. The molecule has 2 aromatic carbocycles. The van der Waals surface area contributed by atoms with Crippen LogP contribution in [0, 0.1) is 11.3 Å². The summed E-state index contributed by atoms with van der Waals surface area (Å²) in [6.45, 7) is 0.859. The number of amides is 1. The summed E-state index contributed by atoms with van der Waals surface area (Å²) in [5.41, 5.74) is 1.71. The first kappa shape index (κ1) is 20.0. The number of nitrogens with zero attached hydrogens (tertiary/aromatic N) is 3. The zero-order chi connectivity index (χ0) is 20.6. The number of H-pyrrole nitrogens is 1. The van der Waals surface area contributed by atoms with Gasteiger partial charge in [-0.3, -0.25) is 9.59 Å². The Hall–Kier alpha value is -3.76. The molecule has 3 rings (SSSR count). The van der Waals surface area contributed by atoms with Crippen LogP contribution in [0.15, 0.2) is 59.4 Å². The van der Waals surface area contributed by atoms with Crippen LogP contribution in [0.4, 0.5) is 0 Å². The van der Waals surface area contributed by atoms with Gasteiger partial charge < -0.3 is 14.6 Å². The number of aromatic nitrogens is 2. The van der Waals surface area contributed by atoms with Gasteiger partial charge >= 0.3 is 0 Å². The number of carbonyl (C=O) groups excluding carboxylic acids is 1.